The van der Waals surface area contributed by atoms with Gasteiger partial charge in [0.15, 0.2) is 5.79 Å². The summed E-state index contributed by atoms with van der Waals surface area (Å²) in [7, 11) is 0. The van der Waals surface area contributed by atoms with Crippen molar-refractivity contribution in [3.05, 3.63) is 0 Å². The molecule has 0 aromatic rings. The van der Waals surface area contributed by atoms with Gasteiger partial charge in [-0.1, -0.05) is 13.8 Å². The Hall–Kier alpha value is -0.410. The Morgan fingerprint density at radius 1 is 0.917 bits per heavy atom. The molecule has 5 rings (SSSR count). The van der Waals surface area contributed by atoms with Crippen LogP contribution in [0.2, 0.25) is 0 Å². The van der Waals surface area contributed by atoms with Crippen molar-refractivity contribution >= 4 is 5.78 Å². The molecule has 1 aliphatic heterocycles. The van der Waals surface area contributed by atoms with Gasteiger partial charge < -0.3 is 9.47 Å². The van der Waals surface area contributed by atoms with Crippen molar-refractivity contribution in [1.82, 2.24) is 0 Å². The van der Waals surface area contributed by atoms with Gasteiger partial charge in [0.25, 0.3) is 0 Å². The molecular formula is C21H32O3. The number of hydrogen-bond acceptors (Lipinski definition) is 3. The lowest BCUT2D eigenvalue weighted by atomic mass is 9.45. The van der Waals surface area contributed by atoms with Gasteiger partial charge in [0.05, 0.1) is 13.2 Å². The Labute approximate surface area is 145 Å². The average molecular weight is 332 g/mol. The molecular weight excluding hydrogens is 300 g/mol. The number of Topliss-reactive ketones (excluding diaryl/α,β-unsaturated/α-hetero) is 1. The first-order valence-electron chi connectivity index (χ1n) is 10.3. The molecule has 4 saturated carbocycles. The largest absolute Gasteiger partial charge is 0.347 e. The molecule has 1 spiro atoms. The maximum Gasteiger partial charge on any atom is 0.174 e. The van der Waals surface area contributed by atoms with E-state index in [-0.39, 0.29) is 11.2 Å². The summed E-state index contributed by atoms with van der Waals surface area (Å²) < 4.78 is 12.5. The van der Waals surface area contributed by atoms with E-state index in [0.29, 0.717) is 17.1 Å². The van der Waals surface area contributed by atoms with Gasteiger partial charge in [-0.05, 0) is 67.6 Å². The summed E-state index contributed by atoms with van der Waals surface area (Å²) in [6.07, 6.45) is 10.3. The Morgan fingerprint density at radius 2 is 1.67 bits per heavy atom. The Bertz CT molecular complexity index is 551. The van der Waals surface area contributed by atoms with E-state index in [1.165, 1.54) is 32.1 Å². The fourth-order valence-electron chi connectivity index (χ4n) is 7.93. The number of ketones is 1. The highest BCUT2D eigenvalue weighted by atomic mass is 16.7. The van der Waals surface area contributed by atoms with Gasteiger partial charge in [-0.2, -0.15) is 0 Å². The van der Waals surface area contributed by atoms with Gasteiger partial charge in [0, 0.05) is 24.7 Å². The van der Waals surface area contributed by atoms with E-state index >= 15 is 0 Å². The second-order valence-electron chi connectivity index (χ2n) is 9.84. The molecule has 134 valence electrons. The summed E-state index contributed by atoms with van der Waals surface area (Å²) >= 11 is 0. The first-order chi connectivity index (χ1) is 11.5. The second-order valence-corrected chi connectivity index (χ2v) is 9.84. The molecule has 3 heteroatoms. The van der Waals surface area contributed by atoms with Crippen molar-refractivity contribution in [2.75, 3.05) is 13.2 Å². The monoisotopic (exact) mass is 332 g/mol. The molecule has 2 unspecified atom stereocenters. The van der Waals surface area contributed by atoms with Crippen LogP contribution in [-0.4, -0.2) is 24.8 Å². The average Bonchev–Trinajstić information content (AvgIpc) is 3.15. The van der Waals surface area contributed by atoms with Crippen molar-refractivity contribution in [1.29, 1.82) is 0 Å². The molecule has 6 atom stereocenters. The fourth-order valence-corrected chi connectivity index (χ4v) is 7.93. The third-order valence-corrected chi connectivity index (χ3v) is 9.28. The lowest BCUT2D eigenvalue weighted by molar-refractivity contribution is -0.246. The summed E-state index contributed by atoms with van der Waals surface area (Å²) in [5.41, 5.74) is 0.615. The summed E-state index contributed by atoms with van der Waals surface area (Å²) in [5, 5.41) is 0. The summed E-state index contributed by atoms with van der Waals surface area (Å²) in [6, 6.07) is 0. The van der Waals surface area contributed by atoms with Crippen molar-refractivity contribution in [3.8, 4) is 0 Å². The van der Waals surface area contributed by atoms with Gasteiger partial charge in [0.1, 0.15) is 5.78 Å². The summed E-state index contributed by atoms with van der Waals surface area (Å²) in [6.45, 7) is 6.54. The van der Waals surface area contributed by atoms with Crippen molar-refractivity contribution < 1.29 is 14.3 Å². The van der Waals surface area contributed by atoms with E-state index in [2.05, 4.69) is 13.8 Å². The van der Waals surface area contributed by atoms with Crippen molar-refractivity contribution in [2.24, 2.45) is 34.5 Å². The predicted molar refractivity (Wildman–Crippen MR) is 91.4 cm³/mol. The number of ether oxygens (including phenoxy) is 2. The lowest BCUT2D eigenvalue weighted by Gasteiger charge is -2.60. The quantitative estimate of drug-likeness (QED) is 0.662. The van der Waals surface area contributed by atoms with Crippen LogP contribution in [0, 0.1) is 34.5 Å². The molecule has 24 heavy (non-hydrogen) atoms. The van der Waals surface area contributed by atoms with Crippen molar-refractivity contribution in [2.45, 2.75) is 77.4 Å². The van der Waals surface area contributed by atoms with Crippen LogP contribution < -0.4 is 0 Å². The molecule has 5 aliphatic rings. The van der Waals surface area contributed by atoms with Gasteiger partial charge >= 0.3 is 0 Å². The Kier molecular flexibility index (Phi) is 3.34. The normalized spacial score (nSPS) is 52.8. The molecule has 4 aliphatic carbocycles. The van der Waals surface area contributed by atoms with E-state index in [0.717, 1.165) is 56.7 Å². The van der Waals surface area contributed by atoms with E-state index in [1.807, 2.05) is 0 Å². The lowest BCUT2D eigenvalue weighted by Crippen LogP contribution is -2.56. The van der Waals surface area contributed by atoms with Crippen LogP contribution in [0.1, 0.15) is 71.6 Å². The highest BCUT2D eigenvalue weighted by Crippen LogP contribution is 2.69. The molecule has 0 amide bonds. The van der Waals surface area contributed by atoms with Crippen LogP contribution in [0.15, 0.2) is 0 Å². The molecule has 1 heterocycles. The fraction of sp³-hybridized carbons (Fsp3) is 0.952. The van der Waals surface area contributed by atoms with Crippen LogP contribution in [0.3, 0.4) is 0 Å². The Morgan fingerprint density at radius 3 is 2.46 bits per heavy atom. The number of fused-ring (bicyclic) bond motifs is 6. The standard InChI is InChI=1S/C21H32O3/c1-19-8-5-15(22)13-14(19)3-4-16-17(19)6-9-20(2)18(16)7-10-21(20)23-11-12-24-21/h14,16-18H,3-13H2,1-2H3/t14?,16-,17?,18+,19+,20+/m1/s1. The Balaban J connectivity index is 1.46. The summed E-state index contributed by atoms with van der Waals surface area (Å²) in [5.74, 6) is 3.29. The predicted octanol–water partition coefficient (Wildman–Crippen LogP) is 4.34. The van der Waals surface area contributed by atoms with Gasteiger partial charge in [-0.3, -0.25) is 4.79 Å². The van der Waals surface area contributed by atoms with Gasteiger partial charge in [-0.25, -0.2) is 0 Å². The van der Waals surface area contributed by atoms with Crippen LogP contribution in [0.4, 0.5) is 0 Å². The minimum absolute atomic E-state index is 0.207. The minimum atomic E-state index is -0.275. The number of carbonyl (C=O) groups excluding carboxylic acids is 1. The van der Waals surface area contributed by atoms with E-state index in [1.54, 1.807) is 0 Å². The van der Waals surface area contributed by atoms with E-state index < -0.39 is 0 Å². The van der Waals surface area contributed by atoms with E-state index in [4.69, 9.17) is 9.47 Å². The van der Waals surface area contributed by atoms with Gasteiger partial charge in [-0.15, -0.1) is 0 Å². The van der Waals surface area contributed by atoms with Crippen LogP contribution >= 0.6 is 0 Å². The zero-order valence-electron chi connectivity index (χ0n) is 15.3. The van der Waals surface area contributed by atoms with Crippen LogP contribution in [-0.2, 0) is 14.3 Å². The van der Waals surface area contributed by atoms with E-state index in [9.17, 15) is 4.79 Å². The molecule has 0 aromatic carbocycles. The highest BCUT2D eigenvalue weighted by Gasteiger charge is 2.67. The number of carbonyl (C=O) groups is 1. The molecule has 0 aromatic heterocycles. The van der Waals surface area contributed by atoms with Gasteiger partial charge in [0.2, 0.25) is 0 Å². The summed E-state index contributed by atoms with van der Waals surface area (Å²) in [4.78, 5) is 12.0. The maximum absolute atomic E-state index is 12.0. The van der Waals surface area contributed by atoms with Crippen LogP contribution in [0.25, 0.3) is 0 Å². The zero-order valence-corrected chi connectivity index (χ0v) is 15.3. The second kappa shape index (κ2) is 5.07. The molecule has 5 fully saturated rings. The molecule has 1 saturated heterocycles. The topological polar surface area (TPSA) is 35.5 Å². The number of rotatable bonds is 0. The third-order valence-electron chi connectivity index (χ3n) is 9.28. The van der Waals surface area contributed by atoms with Crippen molar-refractivity contribution in [3.63, 3.8) is 0 Å². The molecule has 0 bridgehead atoms. The molecule has 0 N–H and O–H groups in total. The molecule has 0 radical (unpaired) electrons. The zero-order chi connectivity index (χ0) is 16.6. The number of hydrogen-bond donors (Lipinski definition) is 0. The van der Waals surface area contributed by atoms with Crippen LogP contribution in [0.5, 0.6) is 0 Å². The minimum Gasteiger partial charge on any atom is -0.347 e. The SMILES string of the molecule is C[C@]12CCC(=O)CC1CC[C@@H]1C2CC[C@@]2(C)[C@H]1CCC21OCCO1. The first kappa shape index (κ1) is 15.8. The third kappa shape index (κ3) is 1.84. The smallest absolute Gasteiger partial charge is 0.174 e. The first-order valence-corrected chi connectivity index (χ1v) is 10.3. The maximum atomic E-state index is 12.0. The molecule has 3 nitrogen and oxygen atoms in total. The highest BCUT2D eigenvalue weighted by molar-refractivity contribution is 5.79.